The molecule has 1 aromatic rings. The van der Waals surface area contributed by atoms with Gasteiger partial charge in [0.2, 0.25) is 0 Å². The van der Waals surface area contributed by atoms with Gasteiger partial charge in [-0.3, -0.25) is 0 Å². The largest absolute Gasteiger partial charge is 0.383 e. The molecule has 1 aliphatic carbocycles. The standard InChI is InChI=1S/C15H25N3O/c1-4-19-15(9-7-5-6-8-10-15)14-17-12(3)11(2)13(16)18-14/h4-10H2,1-3H3,(H2,16,17,18). The fraction of sp³-hybridized carbons (Fsp3) is 0.733. The van der Waals surface area contributed by atoms with E-state index in [-0.39, 0.29) is 5.60 Å². The van der Waals surface area contributed by atoms with Crippen molar-refractivity contribution in [2.75, 3.05) is 12.3 Å². The van der Waals surface area contributed by atoms with Crippen LogP contribution in [0.15, 0.2) is 0 Å². The molecule has 1 fully saturated rings. The minimum Gasteiger partial charge on any atom is -0.383 e. The number of hydrogen-bond acceptors (Lipinski definition) is 4. The number of ether oxygens (including phenoxy) is 1. The molecular formula is C15H25N3O. The third kappa shape index (κ3) is 2.89. The van der Waals surface area contributed by atoms with Crippen LogP contribution in [0.25, 0.3) is 0 Å². The van der Waals surface area contributed by atoms with E-state index >= 15 is 0 Å². The van der Waals surface area contributed by atoms with Crippen molar-refractivity contribution in [2.45, 2.75) is 64.9 Å². The molecule has 19 heavy (non-hydrogen) atoms. The highest BCUT2D eigenvalue weighted by Gasteiger charge is 2.37. The van der Waals surface area contributed by atoms with Gasteiger partial charge in [0.1, 0.15) is 11.4 Å². The first-order chi connectivity index (χ1) is 9.09. The molecule has 0 aliphatic heterocycles. The molecule has 1 saturated carbocycles. The predicted molar refractivity (Wildman–Crippen MR) is 76.9 cm³/mol. The van der Waals surface area contributed by atoms with Crippen molar-refractivity contribution in [3.05, 3.63) is 17.1 Å². The van der Waals surface area contributed by atoms with Crippen molar-refractivity contribution in [1.29, 1.82) is 0 Å². The Morgan fingerprint density at radius 3 is 2.26 bits per heavy atom. The van der Waals surface area contributed by atoms with Gasteiger partial charge in [-0.2, -0.15) is 0 Å². The maximum Gasteiger partial charge on any atom is 0.162 e. The molecule has 4 nitrogen and oxygen atoms in total. The quantitative estimate of drug-likeness (QED) is 0.850. The molecule has 0 radical (unpaired) electrons. The highest BCUT2D eigenvalue weighted by Crippen LogP contribution is 2.38. The zero-order valence-electron chi connectivity index (χ0n) is 12.3. The normalized spacial score (nSPS) is 19.1. The minimum absolute atomic E-state index is 0.322. The van der Waals surface area contributed by atoms with E-state index in [1.54, 1.807) is 0 Å². The summed E-state index contributed by atoms with van der Waals surface area (Å²) in [4.78, 5) is 9.20. The Morgan fingerprint density at radius 1 is 1.11 bits per heavy atom. The van der Waals surface area contributed by atoms with Crippen LogP contribution in [0.2, 0.25) is 0 Å². The van der Waals surface area contributed by atoms with Gasteiger partial charge in [-0.25, -0.2) is 9.97 Å². The van der Waals surface area contributed by atoms with Crippen LogP contribution >= 0.6 is 0 Å². The number of rotatable bonds is 3. The van der Waals surface area contributed by atoms with E-state index < -0.39 is 0 Å². The number of anilines is 1. The molecular weight excluding hydrogens is 238 g/mol. The molecule has 0 spiro atoms. The lowest BCUT2D eigenvalue weighted by Gasteiger charge is -2.31. The molecule has 0 unspecified atom stereocenters. The number of aromatic nitrogens is 2. The number of nitrogen functional groups attached to an aromatic ring is 1. The van der Waals surface area contributed by atoms with Crippen molar-refractivity contribution in [3.8, 4) is 0 Å². The summed E-state index contributed by atoms with van der Waals surface area (Å²) in [5.74, 6) is 1.38. The number of hydrogen-bond donors (Lipinski definition) is 1. The SMILES string of the molecule is CCOC1(c2nc(C)c(C)c(N)n2)CCCCCC1. The van der Waals surface area contributed by atoms with Crippen molar-refractivity contribution in [3.63, 3.8) is 0 Å². The van der Waals surface area contributed by atoms with E-state index in [9.17, 15) is 0 Å². The van der Waals surface area contributed by atoms with Crippen LogP contribution in [0.1, 0.15) is 62.5 Å². The first-order valence-electron chi connectivity index (χ1n) is 7.34. The van der Waals surface area contributed by atoms with Gasteiger partial charge in [-0.1, -0.05) is 25.7 Å². The van der Waals surface area contributed by atoms with Crippen LogP contribution in [0.5, 0.6) is 0 Å². The van der Waals surface area contributed by atoms with Gasteiger partial charge in [0.15, 0.2) is 5.82 Å². The van der Waals surface area contributed by atoms with Crippen molar-refractivity contribution in [2.24, 2.45) is 0 Å². The second-order valence-corrected chi connectivity index (χ2v) is 5.48. The van der Waals surface area contributed by atoms with Crippen LogP contribution in [0, 0.1) is 13.8 Å². The van der Waals surface area contributed by atoms with E-state index in [0.717, 1.165) is 29.9 Å². The van der Waals surface area contributed by atoms with Gasteiger partial charge < -0.3 is 10.5 Å². The maximum atomic E-state index is 6.11. The van der Waals surface area contributed by atoms with E-state index in [1.807, 2.05) is 20.8 Å². The van der Waals surface area contributed by atoms with Crippen LogP contribution in [-0.4, -0.2) is 16.6 Å². The number of aryl methyl sites for hydroxylation is 1. The fourth-order valence-electron chi connectivity index (χ4n) is 2.86. The van der Waals surface area contributed by atoms with Gasteiger partial charge in [0, 0.05) is 17.9 Å². The number of nitrogens with zero attached hydrogens (tertiary/aromatic N) is 2. The van der Waals surface area contributed by atoms with Crippen LogP contribution in [-0.2, 0) is 10.3 Å². The molecule has 1 heterocycles. The summed E-state index contributed by atoms with van der Waals surface area (Å²) < 4.78 is 6.11. The van der Waals surface area contributed by atoms with Crippen LogP contribution in [0.4, 0.5) is 5.82 Å². The summed E-state index contributed by atoms with van der Waals surface area (Å²) in [5.41, 5.74) is 7.63. The van der Waals surface area contributed by atoms with Gasteiger partial charge in [0.25, 0.3) is 0 Å². The van der Waals surface area contributed by atoms with E-state index in [2.05, 4.69) is 9.97 Å². The molecule has 106 valence electrons. The Labute approximate surface area is 115 Å². The summed E-state index contributed by atoms with van der Waals surface area (Å²) in [6, 6.07) is 0. The van der Waals surface area contributed by atoms with Crippen molar-refractivity contribution >= 4 is 5.82 Å². The average molecular weight is 263 g/mol. The summed E-state index contributed by atoms with van der Waals surface area (Å²) >= 11 is 0. The molecule has 0 aromatic carbocycles. The van der Waals surface area contributed by atoms with Gasteiger partial charge >= 0.3 is 0 Å². The van der Waals surface area contributed by atoms with Gasteiger partial charge in [-0.05, 0) is 33.6 Å². The first-order valence-corrected chi connectivity index (χ1v) is 7.34. The molecule has 1 aliphatic rings. The Hall–Kier alpha value is -1.16. The fourth-order valence-corrected chi connectivity index (χ4v) is 2.86. The third-order valence-electron chi connectivity index (χ3n) is 4.17. The third-order valence-corrected chi connectivity index (χ3v) is 4.17. The van der Waals surface area contributed by atoms with Crippen molar-refractivity contribution < 1.29 is 4.74 Å². The van der Waals surface area contributed by atoms with E-state index in [1.165, 1.54) is 25.7 Å². The molecule has 2 N–H and O–H groups in total. The lowest BCUT2D eigenvalue weighted by molar-refractivity contribution is -0.0624. The van der Waals surface area contributed by atoms with Crippen molar-refractivity contribution in [1.82, 2.24) is 9.97 Å². The topological polar surface area (TPSA) is 61.0 Å². The lowest BCUT2D eigenvalue weighted by Crippen LogP contribution is -2.32. The molecule has 1 aromatic heterocycles. The minimum atomic E-state index is -0.322. The molecule has 0 atom stereocenters. The molecule has 0 bridgehead atoms. The smallest absolute Gasteiger partial charge is 0.162 e. The summed E-state index contributed by atoms with van der Waals surface area (Å²) in [6.07, 6.45) is 6.90. The zero-order valence-corrected chi connectivity index (χ0v) is 12.3. The highest BCUT2D eigenvalue weighted by molar-refractivity contribution is 5.41. The van der Waals surface area contributed by atoms with Crippen LogP contribution in [0.3, 0.4) is 0 Å². The first kappa shape index (κ1) is 14.3. The second kappa shape index (κ2) is 5.87. The molecule has 0 saturated heterocycles. The lowest BCUT2D eigenvalue weighted by atomic mass is 9.92. The summed E-state index contributed by atoms with van der Waals surface area (Å²) in [7, 11) is 0. The summed E-state index contributed by atoms with van der Waals surface area (Å²) in [5, 5.41) is 0. The number of nitrogens with two attached hydrogens (primary N) is 1. The van der Waals surface area contributed by atoms with Gasteiger partial charge in [-0.15, -0.1) is 0 Å². The highest BCUT2D eigenvalue weighted by atomic mass is 16.5. The summed E-state index contributed by atoms with van der Waals surface area (Å²) in [6.45, 7) is 6.69. The molecule has 0 amide bonds. The molecule has 2 rings (SSSR count). The molecule has 4 heteroatoms. The zero-order chi connectivity index (χ0) is 13.9. The Morgan fingerprint density at radius 2 is 1.74 bits per heavy atom. The van der Waals surface area contributed by atoms with E-state index in [4.69, 9.17) is 10.5 Å². The second-order valence-electron chi connectivity index (χ2n) is 5.48. The predicted octanol–water partition coefficient (Wildman–Crippen LogP) is 3.26. The monoisotopic (exact) mass is 263 g/mol. The Bertz CT molecular complexity index is 414. The Balaban J connectivity index is 2.42. The van der Waals surface area contributed by atoms with Gasteiger partial charge in [0.05, 0.1) is 0 Å². The Kier molecular flexibility index (Phi) is 4.40. The van der Waals surface area contributed by atoms with Crippen LogP contribution < -0.4 is 5.73 Å². The van der Waals surface area contributed by atoms with E-state index in [0.29, 0.717) is 12.4 Å². The maximum absolute atomic E-state index is 6.11. The average Bonchev–Trinajstić information content (AvgIpc) is 2.62.